The highest BCUT2D eigenvalue weighted by atomic mass is 32.1. The van der Waals surface area contributed by atoms with Crippen molar-refractivity contribution in [2.75, 3.05) is 26.2 Å². The molecule has 5 rings (SSSR count). The Balaban J connectivity index is 1.09. The highest BCUT2D eigenvalue weighted by Gasteiger charge is 2.26. The molecule has 1 fully saturated rings. The molecule has 33 heavy (non-hydrogen) atoms. The summed E-state index contributed by atoms with van der Waals surface area (Å²) in [5.74, 6) is 0.311. The summed E-state index contributed by atoms with van der Waals surface area (Å²) in [5, 5.41) is 5.13. The molecule has 3 aromatic rings. The number of Topliss-reactive ketones (excluding diaryl/α,β-unsaturated/α-hetero) is 1. The number of ketones is 1. The van der Waals surface area contributed by atoms with E-state index in [2.05, 4.69) is 10.1 Å². The van der Waals surface area contributed by atoms with Gasteiger partial charge in [0.05, 0.1) is 10.6 Å². The zero-order chi connectivity index (χ0) is 22.9. The molecule has 0 saturated carbocycles. The SMILES string of the molecule is CC(=O)N1CCc2sc(C(=O)CCCN3CCC(c4noc5cc(F)ccc45)CC3)cc2C1. The van der Waals surface area contributed by atoms with Crippen LogP contribution >= 0.6 is 11.3 Å². The lowest BCUT2D eigenvalue weighted by Crippen LogP contribution is -2.34. The van der Waals surface area contributed by atoms with Crippen molar-refractivity contribution < 1.29 is 18.5 Å². The Morgan fingerprint density at radius 3 is 2.82 bits per heavy atom. The zero-order valence-corrected chi connectivity index (χ0v) is 19.6. The number of thiophene rings is 1. The van der Waals surface area contributed by atoms with Gasteiger partial charge in [-0.2, -0.15) is 0 Å². The number of rotatable bonds is 6. The maximum atomic E-state index is 13.4. The molecule has 2 aromatic heterocycles. The van der Waals surface area contributed by atoms with Crippen LogP contribution in [0.2, 0.25) is 0 Å². The number of benzene rings is 1. The van der Waals surface area contributed by atoms with E-state index < -0.39 is 0 Å². The normalized spacial score (nSPS) is 17.5. The van der Waals surface area contributed by atoms with Crippen LogP contribution in [-0.4, -0.2) is 52.8 Å². The van der Waals surface area contributed by atoms with Crippen LogP contribution in [0.4, 0.5) is 4.39 Å². The van der Waals surface area contributed by atoms with Crippen LogP contribution in [0.5, 0.6) is 0 Å². The first kappa shape index (κ1) is 22.2. The second-order valence-corrected chi connectivity index (χ2v) is 10.2. The summed E-state index contributed by atoms with van der Waals surface area (Å²) >= 11 is 1.60. The maximum Gasteiger partial charge on any atom is 0.219 e. The molecule has 1 amide bonds. The predicted molar refractivity (Wildman–Crippen MR) is 125 cm³/mol. The van der Waals surface area contributed by atoms with E-state index in [1.54, 1.807) is 24.3 Å². The second kappa shape index (κ2) is 9.35. The van der Waals surface area contributed by atoms with E-state index in [-0.39, 0.29) is 17.5 Å². The monoisotopic (exact) mass is 469 g/mol. The Kier molecular flexibility index (Phi) is 6.29. The van der Waals surface area contributed by atoms with Gasteiger partial charge in [-0.25, -0.2) is 4.39 Å². The van der Waals surface area contributed by atoms with Crippen molar-refractivity contribution in [1.82, 2.24) is 15.0 Å². The minimum Gasteiger partial charge on any atom is -0.356 e. The van der Waals surface area contributed by atoms with Crippen LogP contribution in [0.15, 0.2) is 28.8 Å². The van der Waals surface area contributed by atoms with E-state index in [1.165, 1.54) is 17.0 Å². The molecule has 1 aromatic carbocycles. The van der Waals surface area contributed by atoms with Gasteiger partial charge in [-0.1, -0.05) is 5.16 Å². The zero-order valence-electron chi connectivity index (χ0n) is 18.8. The van der Waals surface area contributed by atoms with Crippen LogP contribution in [0.25, 0.3) is 11.0 Å². The van der Waals surface area contributed by atoms with E-state index in [0.29, 0.717) is 24.5 Å². The first-order chi connectivity index (χ1) is 16.0. The van der Waals surface area contributed by atoms with Gasteiger partial charge in [0.2, 0.25) is 5.91 Å². The van der Waals surface area contributed by atoms with Gasteiger partial charge in [0.1, 0.15) is 5.82 Å². The Morgan fingerprint density at radius 1 is 1.21 bits per heavy atom. The van der Waals surface area contributed by atoms with E-state index in [1.807, 2.05) is 11.0 Å². The van der Waals surface area contributed by atoms with Gasteiger partial charge in [0.25, 0.3) is 0 Å². The van der Waals surface area contributed by atoms with Crippen LogP contribution in [0.3, 0.4) is 0 Å². The molecule has 0 N–H and O–H groups in total. The molecule has 0 atom stereocenters. The Morgan fingerprint density at radius 2 is 2.03 bits per heavy atom. The predicted octanol–water partition coefficient (Wildman–Crippen LogP) is 4.78. The van der Waals surface area contributed by atoms with Crippen LogP contribution in [-0.2, 0) is 17.8 Å². The molecule has 6 nitrogen and oxygen atoms in total. The van der Waals surface area contributed by atoms with E-state index >= 15 is 0 Å². The van der Waals surface area contributed by atoms with Crippen molar-refractivity contribution in [3.8, 4) is 0 Å². The molecule has 8 heteroatoms. The van der Waals surface area contributed by atoms with Gasteiger partial charge in [-0.05, 0) is 69.1 Å². The largest absolute Gasteiger partial charge is 0.356 e. The van der Waals surface area contributed by atoms with E-state index in [9.17, 15) is 14.0 Å². The first-order valence-electron chi connectivity index (χ1n) is 11.7. The third-order valence-electron chi connectivity index (χ3n) is 6.90. The number of aromatic nitrogens is 1. The highest BCUT2D eigenvalue weighted by molar-refractivity contribution is 7.14. The molecule has 0 bridgehead atoms. The van der Waals surface area contributed by atoms with E-state index in [0.717, 1.165) is 73.4 Å². The third-order valence-corrected chi connectivity index (χ3v) is 8.18. The van der Waals surface area contributed by atoms with Crippen molar-refractivity contribution in [3.63, 3.8) is 0 Å². The molecule has 0 unspecified atom stereocenters. The number of fused-ring (bicyclic) bond motifs is 2. The molecule has 2 aliphatic rings. The number of likely N-dealkylation sites (tertiary alicyclic amines) is 1. The molecule has 0 aliphatic carbocycles. The highest BCUT2D eigenvalue weighted by Crippen LogP contribution is 2.33. The molecule has 174 valence electrons. The summed E-state index contributed by atoms with van der Waals surface area (Å²) in [4.78, 5) is 30.7. The Hall–Kier alpha value is -2.58. The van der Waals surface area contributed by atoms with Crippen molar-refractivity contribution in [2.24, 2.45) is 0 Å². The Labute approximate surface area is 196 Å². The van der Waals surface area contributed by atoms with Gasteiger partial charge in [-0.15, -0.1) is 11.3 Å². The van der Waals surface area contributed by atoms with Crippen LogP contribution in [0, 0.1) is 5.82 Å². The number of hydrogen-bond donors (Lipinski definition) is 0. The van der Waals surface area contributed by atoms with Gasteiger partial charge >= 0.3 is 0 Å². The number of carbonyl (C=O) groups is 2. The standard InChI is InChI=1S/C25H28FN3O3S/c1-16(30)29-12-8-23-18(15-29)13-24(33-23)21(31)3-2-9-28-10-6-17(7-11-28)25-20-5-4-19(26)14-22(20)32-27-25/h4-5,13-14,17H,2-3,6-12,15H2,1H3. The molecule has 1 saturated heterocycles. The average Bonchev–Trinajstić information content (AvgIpc) is 3.43. The second-order valence-electron chi connectivity index (χ2n) is 9.10. The molecule has 4 heterocycles. The topological polar surface area (TPSA) is 66.7 Å². The van der Waals surface area contributed by atoms with Crippen molar-refractivity contribution in [2.45, 2.75) is 51.5 Å². The average molecular weight is 470 g/mol. The van der Waals surface area contributed by atoms with Crippen LogP contribution in [0.1, 0.15) is 64.3 Å². The van der Waals surface area contributed by atoms with Gasteiger partial charge in [0.15, 0.2) is 11.4 Å². The lowest BCUT2D eigenvalue weighted by Gasteiger charge is -2.31. The molecule has 2 aliphatic heterocycles. The molecular formula is C25H28FN3O3S. The summed E-state index contributed by atoms with van der Waals surface area (Å²) in [6, 6.07) is 6.60. The fourth-order valence-corrected chi connectivity index (χ4v) is 6.11. The number of piperidine rings is 1. The number of nitrogens with zero attached hydrogens (tertiary/aromatic N) is 3. The summed E-state index contributed by atoms with van der Waals surface area (Å²) in [5.41, 5.74) is 2.58. The Bertz CT molecular complexity index is 1180. The smallest absolute Gasteiger partial charge is 0.219 e. The number of amides is 1. The van der Waals surface area contributed by atoms with E-state index in [4.69, 9.17) is 4.52 Å². The molecular weight excluding hydrogens is 441 g/mol. The summed E-state index contributed by atoms with van der Waals surface area (Å²) in [7, 11) is 0. The number of carbonyl (C=O) groups excluding carboxylic acids is 2. The third kappa shape index (κ3) is 4.73. The fourth-order valence-electron chi connectivity index (χ4n) is 4.98. The molecule has 0 radical (unpaired) electrons. The molecule has 0 spiro atoms. The summed E-state index contributed by atoms with van der Waals surface area (Å²) < 4.78 is 18.7. The fraction of sp³-hybridized carbons (Fsp3) is 0.480. The maximum absolute atomic E-state index is 13.4. The minimum atomic E-state index is -0.310. The lowest BCUT2D eigenvalue weighted by atomic mass is 9.91. The van der Waals surface area contributed by atoms with Crippen molar-refractivity contribution in [1.29, 1.82) is 0 Å². The number of hydrogen-bond acceptors (Lipinski definition) is 6. The van der Waals surface area contributed by atoms with Crippen LogP contribution < -0.4 is 0 Å². The van der Waals surface area contributed by atoms with Gasteiger partial charge in [0, 0.05) is 48.7 Å². The number of halogens is 1. The van der Waals surface area contributed by atoms with Gasteiger partial charge in [-0.3, -0.25) is 9.59 Å². The van der Waals surface area contributed by atoms with Crippen molar-refractivity contribution >= 4 is 34.0 Å². The first-order valence-corrected chi connectivity index (χ1v) is 12.5. The van der Waals surface area contributed by atoms with Crippen molar-refractivity contribution in [3.05, 3.63) is 51.1 Å². The lowest BCUT2D eigenvalue weighted by molar-refractivity contribution is -0.129. The summed E-state index contributed by atoms with van der Waals surface area (Å²) in [6.07, 6.45) is 4.21. The summed E-state index contributed by atoms with van der Waals surface area (Å²) in [6.45, 7) is 5.80. The quantitative estimate of drug-likeness (QED) is 0.486. The van der Waals surface area contributed by atoms with Gasteiger partial charge < -0.3 is 14.3 Å². The minimum absolute atomic E-state index is 0.0918.